The molecule has 48 heavy (non-hydrogen) atoms. The number of benzene rings is 2. The fourth-order valence-electron chi connectivity index (χ4n) is 7.54. The summed E-state index contributed by atoms with van der Waals surface area (Å²) in [6.45, 7) is 0.644. The topological polar surface area (TPSA) is 117 Å². The number of carbonyl (C=O) groups is 1. The number of fused-ring (bicyclic) bond motifs is 5. The third-order valence-corrected chi connectivity index (χ3v) is 10.9. The Labute approximate surface area is 276 Å². The highest BCUT2D eigenvalue weighted by Crippen LogP contribution is 2.50. The largest absolute Gasteiger partial charge is 0.434 e. The molecular formula is C36H28F2N6O3S. The van der Waals surface area contributed by atoms with Crippen molar-refractivity contribution in [3.05, 3.63) is 117 Å². The van der Waals surface area contributed by atoms with E-state index in [0.29, 0.717) is 47.6 Å². The molecule has 1 aliphatic carbocycles. The van der Waals surface area contributed by atoms with Crippen LogP contribution in [-0.4, -0.2) is 37.5 Å². The molecule has 2 aliphatic heterocycles. The lowest BCUT2D eigenvalue weighted by atomic mass is 9.93. The molecule has 0 bridgehead atoms. The Morgan fingerprint density at radius 2 is 1.83 bits per heavy atom. The summed E-state index contributed by atoms with van der Waals surface area (Å²) >= 11 is 1.48. The zero-order chi connectivity index (χ0) is 32.5. The van der Waals surface area contributed by atoms with Crippen LogP contribution in [0.1, 0.15) is 69.8 Å². The van der Waals surface area contributed by atoms with Gasteiger partial charge in [-0.3, -0.25) is 9.78 Å². The highest BCUT2D eigenvalue weighted by Gasteiger charge is 2.45. The predicted octanol–water partition coefficient (Wildman–Crippen LogP) is 7.16. The summed E-state index contributed by atoms with van der Waals surface area (Å²) in [6.07, 6.45) is 6.10. The number of thiophene rings is 1. The molecule has 12 heteroatoms. The van der Waals surface area contributed by atoms with Crippen LogP contribution in [0, 0.1) is 11.6 Å². The molecular weight excluding hydrogens is 634 g/mol. The lowest BCUT2D eigenvalue weighted by Crippen LogP contribution is -2.22. The molecule has 0 unspecified atom stereocenters. The number of amides is 1. The zero-order valence-corrected chi connectivity index (χ0v) is 26.4. The number of carbonyl (C=O) groups excluding carboxylic acids is 1. The number of aromatic amines is 1. The maximum atomic E-state index is 14.2. The second kappa shape index (κ2) is 11.2. The van der Waals surface area contributed by atoms with Crippen LogP contribution in [-0.2, 0) is 19.3 Å². The molecule has 0 spiro atoms. The monoisotopic (exact) mass is 662 g/mol. The lowest BCUT2D eigenvalue weighted by molar-refractivity contribution is 0.0776. The summed E-state index contributed by atoms with van der Waals surface area (Å²) in [4.78, 5) is 38.9. The molecule has 0 radical (unpaired) electrons. The number of pyridine rings is 2. The molecule has 1 saturated heterocycles. The Bertz CT molecular complexity index is 2310. The standard InChI is InChI=1S/C36H28F2N6O3S/c37-21-8-3-18(4-9-21)5-11-25-28(34-42-43-36(46)47-34)29(30-31(40-25)26-2-1-15-44(26)35(30)45)27-16-20-13-14-39-33(32(20)48-27)41-24-12-7-19-6-10-22(38)17-23(19)24/h3-4,6,8-10,13-14,16-17,24,26H,1-2,5,7,11-12,15H2,(H,39,41)(H,43,46)/t24-,26+/m1/s1. The van der Waals surface area contributed by atoms with Crippen molar-refractivity contribution in [2.24, 2.45) is 0 Å². The van der Waals surface area contributed by atoms with Crippen LogP contribution < -0.4 is 11.1 Å². The first-order valence-corrected chi connectivity index (χ1v) is 16.8. The van der Waals surface area contributed by atoms with Crippen LogP contribution in [0.25, 0.3) is 32.0 Å². The van der Waals surface area contributed by atoms with Gasteiger partial charge in [0.05, 0.1) is 39.3 Å². The van der Waals surface area contributed by atoms with E-state index in [1.807, 2.05) is 23.1 Å². The molecule has 6 aromatic rings. The van der Waals surface area contributed by atoms with Gasteiger partial charge in [-0.1, -0.05) is 18.2 Å². The van der Waals surface area contributed by atoms with E-state index in [-0.39, 0.29) is 35.5 Å². The number of hydrogen-bond acceptors (Lipinski definition) is 8. The van der Waals surface area contributed by atoms with Crippen molar-refractivity contribution in [1.29, 1.82) is 0 Å². The first kappa shape index (κ1) is 29.0. The number of H-pyrrole nitrogens is 1. The minimum Gasteiger partial charge on any atom is -0.388 e. The Balaban J connectivity index is 1.21. The van der Waals surface area contributed by atoms with E-state index >= 15 is 0 Å². The van der Waals surface area contributed by atoms with Crippen molar-refractivity contribution in [3.8, 4) is 21.9 Å². The van der Waals surface area contributed by atoms with Gasteiger partial charge >= 0.3 is 5.76 Å². The van der Waals surface area contributed by atoms with Crippen molar-refractivity contribution in [3.63, 3.8) is 0 Å². The number of aromatic nitrogens is 4. The number of nitrogens with one attached hydrogen (secondary N) is 2. The maximum absolute atomic E-state index is 14.2. The normalized spacial score (nSPS) is 18.0. The summed E-state index contributed by atoms with van der Waals surface area (Å²) in [6, 6.07) is 15.0. The number of halogens is 2. The van der Waals surface area contributed by atoms with Crippen LogP contribution in [0.3, 0.4) is 0 Å². The van der Waals surface area contributed by atoms with Crippen LogP contribution in [0.5, 0.6) is 0 Å². The van der Waals surface area contributed by atoms with Gasteiger partial charge in [0.15, 0.2) is 0 Å². The molecule has 2 atom stereocenters. The smallest absolute Gasteiger partial charge is 0.388 e. The quantitative estimate of drug-likeness (QED) is 0.186. The minimum absolute atomic E-state index is 0.0535. The molecule has 1 fully saturated rings. The summed E-state index contributed by atoms with van der Waals surface area (Å²) in [5.74, 6) is -0.666. The molecule has 240 valence electrons. The number of rotatable bonds is 7. The average molecular weight is 663 g/mol. The third-order valence-electron chi connectivity index (χ3n) is 9.74. The average Bonchev–Trinajstić information content (AvgIpc) is 3.92. The predicted molar refractivity (Wildman–Crippen MR) is 177 cm³/mol. The van der Waals surface area contributed by atoms with Gasteiger partial charge in [0.1, 0.15) is 17.5 Å². The number of hydrogen-bond donors (Lipinski definition) is 2. The molecule has 2 aromatic carbocycles. The van der Waals surface area contributed by atoms with Gasteiger partial charge in [-0.2, -0.15) is 0 Å². The second-order valence-electron chi connectivity index (χ2n) is 12.5. The van der Waals surface area contributed by atoms with Crippen molar-refractivity contribution in [1.82, 2.24) is 25.1 Å². The zero-order valence-electron chi connectivity index (χ0n) is 25.6. The van der Waals surface area contributed by atoms with E-state index in [2.05, 4.69) is 15.5 Å². The van der Waals surface area contributed by atoms with Gasteiger partial charge in [0.25, 0.3) is 11.8 Å². The van der Waals surface area contributed by atoms with E-state index in [0.717, 1.165) is 63.0 Å². The van der Waals surface area contributed by atoms with E-state index in [9.17, 15) is 18.4 Å². The van der Waals surface area contributed by atoms with Gasteiger partial charge in [-0.05, 0) is 97.0 Å². The van der Waals surface area contributed by atoms with E-state index in [1.54, 1.807) is 24.4 Å². The summed E-state index contributed by atoms with van der Waals surface area (Å²) < 4.78 is 34.3. The fourth-order valence-corrected chi connectivity index (χ4v) is 8.70. The molecule has 9 nitrogen and oxygen atoms in total. The molecule has 1 amide bonds. The van der Waals surface area contributed by atoms with E-state index in [4.69, 9.17) is 14.4 Å². The fraction of sp³-hybridized carbons (Fsp3) is 0.250. The van der Waals surface area contributed by atoms with Crippen molar-refractivity contribution in [2.75, 3.05) is 11.9 Å². The number of anilines is 1. The lowest BCUT2D eigenvalue weighted by Gasteiger charge is -2.16. The van der Waals surface area contributed by atoms with Crippen LogP contribution in [0.4, 0.5) is 14.6 Å². The van der Waals surface area contributed by atoms with E-state index in [1.165, 1.54) is 29.5 Å². The van der Waals surface area contributed by atoms with Crippen molar-refractivity contribution >= 4 is 33.1 Å². The highest BCUT2D eigenvalue weighted by molar-refractivity contribution is 7.23. The molecule has 4 aromatic heterocycles. The van der Waals surface area contributed by atoms with Crippen LogP contribution in [0.15, 0.2) is 70.0 Å². The number of nitrogens with zero attached hydrogens (tertiary/aromatic N) is 4. The first-order chi connectivity index (χ1) is 23.4. The van der Waals surface area contributed by atoms with Gasteiger partial charge in [0.2, 0.25) is 0 Å². The van der Waals surface area contributed by atoms with E-state index < -0.39 is 5.76 Å². The van der Waals surface area contributed by atoms with Crippen molar-refractivity contribution in [2.45, 2.75) is 50.6 Å². The maximum Gasteiger partial charge on any atom is 0.434 e. The summed E-state index contributed by atoms with van der Waals surface area (Å²) in [7, 11) is 0. The molecule has 3 aliphatic rings. The molecule has 0 saturated carbocycles. The Kier molecular flexibility index (Phi) is 6.75. The Morgan fingerprint density at radius 1 is 0.979 bits per heavy atom. The minimum atomic E-state index is -0.715. The molecule has 9 rings (SSSR count). The summed E-state index contributed by atoms with van der Waals surface area (Å²) in [5.41, 5.74) is 5.96. The van der Waals surface area contributed by atoms with Gasteiger partial charge in [-0.25, -0.2) is 23.7 Å². The highest BCUT2D eigenvalue weighted by atomic mass is 32.1. The van der Waals surface area contributed by atoms with Crippen molar-refractivity contribution < 1.29 is 18.0 Å². The third kappa shape index (κ3) is 4.73. The van der Waals surface area contributed by atoms with Gasteiger partial charge in [-0.15, -0.1) is 16.4 Å². The van der Waals surface area contributed by atoms with Gasteiger partial charge < -0.3 is 14.6 Å². The first-order valence-electron chi connectivity index (χ1n) is 16.0. The SMILES string of the molecule is O=C1c2c(nc(CCc3ccc(F)cc3)c(-c3n[nH]c(=O)o3)c2-c2cc3ccnc(N[C@@H]4CCc5ccc(F)cc54)c3s2)[C@@H]2CCCN12. The Hall–Kier alpha value is -5.23. The number of aryl methyl sites for hydroxylation is 3. The molecule has 2 N–H and O–H groups in total. The van der Waals surface area contributed by atoms with Crippen LogP contribution >= 0.6 is 11.3 Å². The van der Waals surface area contributed by atoms with Crippen LogP contribution in [0.2, 0.25) is 0 Å². The summed E-state index contributed by atoms with van der Waals surface area (Å²) in [5, 5.41) is 11.1. The molecule has 6 heterocycles. The van der Waals surface area contributed by atoms with Gasteiger partial charge in [0, 0.05) is 23.2 Å². The Morgan fingerprint density at radius 3 is 2.67 bits per heavy atom. The second-order valence-corrected chi connectivity index (χ2v) is 13.6.